The van der Waals surface area contributed by atoms with Gasteiger partial charge in [0.2, 0.25) is 0 Å². The fourth-order valence-electron chi connectivity index (χ4n) is 2.27. The second kappa shape index (κ2) is 14.2. The molecule has 0 aliphatic heterocycles. The topological polar surface area (TPSA) is 156 Å². The van der Waals surface area contributed by atoms with Gasteiger partial charge in [-0.1, -0.05) is 74.5 Å². The highest BCUT2D eigenvalue weighted by molar-refractivity contribution is 7.79. The van der Waals surface area contributed by atoms with Crippen molar-refractivity contribution < 1.29 is 17.5 Å². The molecule has 0 aromatic heterocycles. The van der Waals surface area contributed by atoms with E-state index in [2.05, 4.69) is 49.0 Å². The van der Waals surface area contributed by atoms with Gasteiger partial charge in [-0.2, -0.15) is 0 Å². The molecule has 0 spiro atoms. The summed E-state index contributed by atoms with van der Waals surface area (Å²) in [6.07, 6.45) is 2.03. The quantitative estimate of drug-likeness (QED) is 0.249. The summed E-state index contributed by atoms with van der Waals surface area (Å²) < 4.78 is 34.1. The Morgan fingerprint density at radius 2 is 1.04 bits per heavy atom. The zero-order chi connectivity index (χ0) is 20.7. The van der Waals surface area contributed by atoms with Crippen molar-refractivity contribution in [3.05, 3.63) is 71.8 Å². The van der Waals surface area contributed by atoms with E-state index in [4.69, 9.17) is 29.2 Å². The summed E-state index contributed by atoms with van der Waals surface area (Å²) in [5.74, 6) is 10.7. The first-order valence-electron chi connectivity index (χ1n) is 8.45. The minimum absolute atomic E-state index is 0.288. The first kappa shape index (κ1) is 25.1. The summed E-state index contributed by atoms with van der Waals surface area (Å²) in [6.45, 7) is 4.22. The molecule has 8 nitrogen and oxygen atoms in total. The molecule has 0 aliphatic carbocycles. The molecule has 2 rings (SSSR count). The molecular weight excluding hydrogens is 368 g/mol. The standard InChI is InChI=1S/2C9H14N2.H2O4S/c2*1-2-9(11-10)8-6-4-3-5-7-8;1-5(2,3)4/h2*3-7,9,11H,2,10H2,1H3;(H2,1,2,3,4)/p-2. The Bertz CT molecular complexity index is 636. The lowest BCUT2D eigenvalue weighted by molar-refractivity contribution is 0.352. The van der Waals surface area contributed by atoms with Crippen molar-refractivity contribution in [3.63, 3.8) is 0 Å². The third-order valence-electron chi connectivity index (χ3n) is 3.62. The Balaban J connectivity index is 0.000000405. The Morgan fingerprint density at radius 3 is 1.22 bits per heavy atom. The largest absolute Gasteiger partial charge is 0.759 e. The molecule has 0 fully saturated rings. The van der Waals surface area contributed by atoms with E-state index in [1.807, 2.05) is 36.4 Å². The van der Waals surface area contributed by atoms with Crippen molar-refractivity contribution in [2.24, 2.45) is 11.7 Å². The second-order valence-electron chi connectivity index (χ2n) is 5.48. The van der Waals surface area contributed by atoms with E-state index in [0.29, 0.717) is 0 Å². The summed E-state index contributed by atoms with van der Waals surface area (Å²) in [7, 11) is -5.17. The first-order chi connectivity index (χ1) is 12.8. The zero-order valence-corrected chi connectivity index (χ0v) is 16.4. The molecule has 0 aliphatic rings. The molecule has 2 unspecified atom stereocenters. The Labute approximate surface area is 161 Å². The van der Waals surface area contributed by atoms with E-state index in [-0.39, 0.29) is 12.1 Å². The zero-order valence-electron chi connectivity index (χ0n) is 15.5. The van der Waals surface area contributed by atoms with Crippen molar-refractivity contribution >= 4 is 10.4 Å². The second-order valence-corrected chi connectivity index (χ2v) is 6.30. The molecule has 2 aromatic rings. The van der Waals surface area contributed by atoms with E-state index in [1.165, 1.54) is 11.1 Å². The molecule has 2 aromatic carbocycles. The minimum Gasteiger partial charge on any atom is -0.759 e. The maximum atomic E-state index is 8.52. The Hall–Kier alpha value is -1.85. The van der Waals surface area contributed by atoms with Crippen LogP contribution < -0.4 is 22.5 Å². The number of hydrogen-bond donors (Lipinski definition) is 4. The molecule has 152 valence electrons. The third kappa shape index (κ3) is 13.0. The lowest BCUT2D eigenvalue weighted by Gasteiger charge is -2.12. The van der Waals surface area contributed by atoms with E-state index in [1.54, 1.807) is 0 Å². The average Bonchev–Trinajstić information content (AvgIpc) is 2.65. The van der Waals surface area contributed by atoms with E-state index in [9.17, 15) is 0 Å². The predicted octanol–water partition coefficient (Wildman–Crippen LogP) is 1.86. The highest BCUT2D eigenvalue weighted by Gasteiger charge is 2.04. The molecule has 0 amide bonds. The van der Waals surface area contributed by atoms with Crippen LogP contribution in [0.1, 0.15) is 49.9 Å². The van der Waals surface area contributed by atoms with E-state index in [0.717, 1.165) is 12.8 Å². The van der Waals surface area contributed by atoms with Crippen LogP contribution >= 0.6 is 0 Å². The van der Waals surface area contributed by atoms with Gasteiger partial charge in [-0.25, -0.2) is 0 Å². The fraction of sp³-hybridized carbons (Fsp3) is 0.333. The molecule has 0 saturated carbocycles. The highest BCUT2D eigenvalue weighted by atomic mass is 32.3. The average molecular weight is 397 g/mol. The molecule has 0 radical (unpaired) electrons. The van der Waals surface area contributed by atoms with Gasteiger partial charge < -0.3 is 9.11 Å². The highest BCUT2D eigenvalue weighted by Crippen LogP contribution is 2.14. The number of rotatable bonds is 6. The third-order valence-corrected chi connectivity index (χ3v) is 3.62. The van der Waals surface area contributed by atoms with Crippen LogP contribution in [0.3, 0.4) is 0 Å². The molecule has 0 heterocycles. The van der Waals surface area contributed by atoms with Crippen molar-refractivity contribution in [3.8, 4) is 0 Å². The Morgan fingerprint density at radius 1 is 0.778 bits per heavy atom. The SMILES string of the molecule is CCC(NN)c1ccccc1.CCC(NN)c1ccccc1.O=S(=O)([O-])[O-]. The number of nitrogens with two attached hydrogens (primary N) is 2. The fourth-order valence-corrected chi connectivity index (χ4v) is 2.27. The van der Waals surface area contributed by atoms with Crippen LogP contribution in [0.25, 0.3) is 0 Å². The first-order valence-corrected chi connectivity index (χ1v) is 9.78. The lowest BCUT2D eigenvalue weighted by Crippen LogP contribution is -2.27. The Kier molecular flexibility index (Phi) is 13.3. The van der Waals surface area contributed by atoms with Gasteiger partial charge in [-0.3, -0.25) is 31.0 Å². The van der Waals surface area contributed by atoms with Gasteiger partial charge in [0.05, 0.1) is 0 Å². The molecular formula is C18H28N4O4S-2. The predicted molar refractivity (Wildman–Crippen MR) is 104 cm³/mol. The van der Waals surface area contributed by atoms with Gasteiger partial charge in [-0.05, 0) is 24.0 Å². The van der Waals surface area contributed by atoms with Crippen LogP contribution in [-0.4, -0.2) is 17.5 Å². The van der Waals surface area contributed by atoms with Gasteiger partial charge in [0.25, 0.3) is 0 Å². The molecule has 2 atom stereocenters. The van der Waals surface area contributed by atoms with Crippen LogP contribution in [0.2, 0.25) is 0 Å². The number of hydrazine groups is 2. The molecule has 6 N–H and O–H groups in total. The smallest absolute Gasteiger partial charge is 0.0457 e. The number of nitrogens with one attached hydrogen (secondary N) is 2. The minimum atomic E-state index is -5.17. The van der Waals surface area contributed by atoms with Gasteiger partial charge in [-0.15, -0.1) is 0 Å². The van der Waals surface area contributed by atoms with E-state index < -0.39 is 10.4 Å². The molecule has 0 saturated heterocycles. The van der Waals surface area contributed by atoms with E-state index >= 15 is 0 Å². The van der Waals surface area contributed by atoms with Crippen molar-refractivity contribution in [2.45, 2.75) is 38.8 Å². The summed E-state index contributed by atoms with van der Waals surface area (Å²) in [6, 6.07) is 21.0. The van der Waals surface area contributed by atoms with Crippen molar-refractivity contribution in [1.82, 2.24) is 10.9 Å². The maximum absolute atomic E-state index is 8.52. The molecule has 27 heavy (non-hydrogen) atoms. The van der Waals surface area contributed by atoms with Crippen LogP contribution in [0.5, 0.6) is 0 Å². The maximum Gasteiger partial charge on any atom is 0.0457 e. The van der Waals surface area contributed by atoms with Gasteiger partial charge in [0, 0.05) is 22.5 Å². The number of benzene rings is 2. The number of hydrogen-bond acceptors (Lipinski definition) is 8. The molecule has 0 bridgehead atoms. The summed E-state index contributed by atoms with van der Waals surface area (Å²) in [4.78, 5) is 0. The molecule has 9 heteroatoms. The summed E-state index contributed by atoms with van der Waals surface area (Å²) in [5.41, 5.74) is 8.03. The van der Waals surface area contributed by atoms with Gasteiger partial charge >= 0.3 is 0 Å². The van der Waals surface area contributed by atoms with Crippen LogP contribution in [0.15, 0.2) is 60.7 Å². The van der Waals surface area contributed by atoms with Crippen molar-refractivity contribution in [1.29, 1.82) is 0 Å². The van der Waals surface area contributed by atoms with Crippen LogP contribution in [0.4, 0.5) is 0 Å². The van der Waals surface area contributed by atoms with Crippen LogP contribution in [0, 0.1) is 0 Å². The normalized spacial score (nSPS) is 12.7. The lowest BCUT2D eigenvalue weighted by atomic mass is 10.1. The summed E-state index contributed by atoms with van der Waals surface area (Å²) >= 11 is 0. The van der Waals surface area contributed by atoms with Gasteiger partial charge in [0.15, 0.2) is 0 Å². The van der Waals surface area contributed by atoms with Crippen molar-refractivity contribution in [2.75, 3.05) is 0 Å². The summed E-state index contributed by atoms with van der Waals surface area (Å²) in [5, 5.41) is 0. The monoisotopic (exact) mass is 396 g/mol. The van der Waals surface area contributed by atoms with Crippen LogP contribution in [-0.2, 0) is 10.4 Å². The van der Waals surface area contributed by atoms with Gasteiger partial charge in [0.1, 0.15) is 0 Å².